The van der Waals surface area contributed by atoms with Gasteiger partial charge >= 0.3 is 0 Å². The first-order chi connectivity index (χ1) is 10.2. The minimum atomic E-state index is -0.284. The van der Waals surface area contributed by atoms with Gasteiger partial charge in [-0.25, -0.2) is 4.68 Å². The second kappa shape index (κ2) is 7.19. The third-order valence-corrected chi connectivity index (χ3v) is 3.22. The summed E-state index contributed by atoms with van der Waals surface area (Å²) >= 11 is 5.98. The molecule has 1 aromatic heterocycles. The van der Waals surface area contributed by atoms with Crippen molar-refractivity contribution in [3.05, 3.63) is 40.7 Å². The van der Waals surface area contributed by atoms with Crippen LogP contribution in [0.2, 0.25) is 5.02 Å². The lowest BCUT2D eigenvalue weighted by Gasteiger charge is -2.06. The second-order valence-corrected chi connectivity index (χ2v) is 4.90. The van der Waals surface area contributed by atoms with Gasteiger partial charge in [0.15, 0.2) is 5.69 Å². The van der Waals surface area contributed by atoms with Gasteiger partial charge in [0.1, 0.15) is 0 Å². The molecule has 1 amide bonds. The monoisotopic (exact) mass is 308 g/mol. The Morgan fingerprint density at radius 1 is 1.48 bits per heavy atom. The van der Waals surface area contributed by atoms with Crippen molar-refractivity contribution >= 4 is 17.5 Å². The number of carbonyl (C=O) groups is 1. The summed E-state index contributed by atoms with van der Waals surface area (Å²) < 4.78 is 1.62. The average molecular weight is 309 g/mol. The summed E-state index contributed by atoms with van der Waals surface area (Å²) in [6.45, 7) is 2.38. The van der Waals surface area contributed by atoms with Crippen LogP contribution in [0.3, 0.4) is 0 Å². The van der Waals surface area contributed by atoms with Gasteiger partial charge in [0, 0.05) is 18.2 Å². The number of benzene rings is 1. The first-order valence-electron chi connectivity index (χ1n) is 6.77. The molecule has 0 spiro atoms. The Kier molecular flexibility index (Phi) is 5.30. The van der Waals surface area contributed by atoms with E-state index in [0.29, 0.717) is 30.1 Å². The molecule has 1 heterocycles. The van der Waals surface area contributed by atoms with E-state index in [-0.39, 0.29) is 12.5 Å². The lowest BCUT2D eigenvalue weighted by Crippen LogP contribution is -2.26. The molecule has 0 aliphatic rings. The van der Waals surface area contributed by atoms with Crippen LogP contribution in [-0.2, 0) is 6.42 Å². The maximum Gasteiger partial charge on any atom is 0.273 e. The molecule has 2 N–H and O–H groups in total. The molecule has 21 heavy (non-hydrogen) atoms. The number of rotatable bonds is 6. The number of carbonyl (C=O) groups excluding carboxylic acids is 1. The van der Waals surface area contributed by atoms with Crippen molar-refractivity contribution in [2.24, 2.45) is 0 Å². The maximum atomic E-state index is 12.1. The lowest BCUT2D eigenvalue weighted by atomic mass is 10.2. The SMILES string of the molecule is CCc1c(C(=O)NCCCO)nnn1-c1cccc(Cl)c1. The molecule has 0 aliphatic heterocycles. The molecule has 0 bridgehead atoms. The molecule has 0 radical (unpaired) electrons. The third-order valence-electron chi connectivity index (χ3n) is 2.99. The summed E-state index contributed by atoms with van der Waals surface area (Å²) in [6, 6.07) is 7.21. The molecule has 0 aliphatic carbocycles. The number of aromatic nitrogens is 3. The van der Waals surface area contributed by atoms with Crippen molar-refractivity contribution < 1.29 is 9.90 Å². The van der Waals surface area contributed by atoms with E-state index in [4.69, 9.17) is 16.7 Å². The number of nitrogens with one attached hydrogen (secondary N) is 1. The van der Waals surface area contributed by atoms with Crippen LogP contribution in [-0.4, -0.2) is 39.2 Å². The first kappa shape index (κ1) is 15.5. The van der Waals surface area contributed by atoms with Crippen LogP contribution in [0, 0.1) is 0 Å². The predicted molar refractivity (Wildman–Crippen MR) is 79.8 cm³/mol. The van der Waals surface area contributed by atoms with Crippen molar-refractivity contribution in [3.8, 4) is 5.69 Å². The number of halogens is 1. The molecule has 0 saturated carbocycles. The minimum absolute atomic E-state index is 0.0378. The van der Waals surface area contributed by atoms with Gasteiger partial charge in [-0.2, -0.15) is 0 Å². The number of hydrogen-bond acceptors (Lipinski definition) is 4. The van der Waals surface area contributed by atoms with E-state index in [0.717, 1.165) is 11.4 Å². The van der Waals surface area contributed by atoms with Crippen molar-refractivity contribution in [3.63, 3.8) is 0 Å². The highest BCUT2D eigenvalue weighted by molar-refractivity contribution is 6.30. The Morgan fingerprint density at radius 3 is 2.95 bits per heavy atom. The Bertz CT molecular complexity index is 627. The Labute approximate surface area is 127 Å². The molecular formula is C14H17ClN4O2. The molecule has 2 aromatic rings. The smallest absolute Gasteiger partial charge is 0.273 e. The quantitative estimate of drug-likeness (QED) is 0.794. The minimum Gasteiger partial charge on any atom is -0.396 e. The highest BCUT2D eigenvalue weighted by atomic mass is 35.5. The lowest BCUT2D eigenvalue weighted by molar-refractivity contribution is 0.0945. The molecule has 2 rings (SSSR count). The van der Waals surface area contributed by atoms with Gasteiger partial charge in [-0.15, -0.1) is 5.10 Å². The number of nitrogens with zero attached hydrogens (tertiary/aromatic N) is 3. The molecule has 1 aromatic carbocycles. The van der Waals surface area contributed by atoms with E-state index in [1.54, 1.807) is 16.8 Å². The normalized spacial score (nSPS) is 10.6. The van der Waals surface area contributed by atoms with Crippen molar-refractivity contribution in [2.45, 2.75) is 19.8 Å². The number of aliphatic hydroxyl groups excluding tert-OH is 1. The molecule has 6 nitrogen and oxygen atoms in total. The molecule has 7 heteroatoms. The van der Waals surface area contributed by atoms with Crippen LogP contribution in [0.1, 0.15) is 29.5 Å². The van der Waals surface area contributed by atoms with Crippen molar-refractivity contribution in [2.75, 3.05) is 13.2 Å². The summed E-state index contributed by atoms with van der Waals surface area (Å²) in [5.41, 5.74) is 1.79. The molecular weight excluding hydrogens is 292 g/mol. The summed E-state index contributed by atoms with van der Waals surface area (Å²) in [6.07, 6.45) is 1.12. The predicted octanol–water partition coefficient (Wildman–Crippen LogP) is 1.60. The highest BCUT2D eigenvalue weighted by Gasteiger charge is 2.18. The third kappa shape index (κ3) is 3.59. The van der Waals surface area contributed by atoms with Crippen molar-refractivity contribution in [1.82, 2.24) is 20.3 Å². The fourth-order valence-corrected chi connectivity index (χ4v) is 2.16. The van der Waals surface area contributed by atoms with Gasteiger partial charge in [-0.3, -0.25) is 4.79 Å². The van der Waals surface area contributed by atoms with Gasteiger partial charge in [-0.1, -0.05) is 29.8 Å². The van der Waals surface area contributed by atoms with E-state index in [9.17, 15) is 4.79 Å². The number of amides is 1. The van der Waals surface area contributed by atoms with Crippen LogP contribution in [0.5, 0.6) is 0 Å². The molecule has 0 atom stereocenters. The standard InChI is InChI=1S/C14H17ClN4O2/c1-2-12-13(14(21)16-7-4-8-20)17-18-19(12)11-6-3-5-10(15)9-11/h3,5-6,9,20H,2,4,7-8H2,1H3,(H,16,21). The fourth-order valence-electron chi connectivity index (χ4n) is 1.98. The zero-order valence-corrected chi connectivity index (χ0v) is 12.5. The fraction of sp³-hybridized carbons (Fsp3) is 0.357. The number of hydrogen-bond donors (Lipinski definition) is 2. The van der Waals surface area contributed by atoms with E-state index in [2.05, 4.69) is 15.6 Å². The van der Waals surface area contributed by atoms with E-state index < -0.39 is 0 Å². The Hall–Kier alpha value is -1.92. The van der Waals surface area contributed by atoms with E-state index in [1.165, 1.54) is 0 Å². The largest absolute Gasteiger partial charge is 0.396 e. The van der Waals surface area contributed by atoms with Gasteiger partial charge in [0.05, 0.1) is 11.4 Å². The van der Waals surface area contributed by atoms with Gasteiger partial charge < -0.3 is 10.4 Å². The molecule has 0 saturated heterocycles. The van der Waals surface area contributed by atoms with Crippen LogP contribution < -0.4 is 5.32 Å². The zero-order chi connectivity index (χ0) is 15.2. The van der Waals surface area contributed by atoms with Crippen LogP contribution >= 0.6 is 11.6 Å². The molecule has 0 unspecified atom stereocenters. The number of aliphatic hydroxyl groups is 1. The van der Waals surface area contributed by atoms with Gasteiger partial charge in [0.2, 0.25) is 0 Å². The van der Waals surface area contributed by atoms with Gasteiger partial charge in [0.25, 0.3) is 5.91 Å². The van der Waals surface area contributed by atoms with Gasteiger partial charge in [-0.05, 0) is 31.0 Å². The van der Waals surface area contributed by atoms with Crippen molar-refractivity contribution in [1.29, 1.82) is 0 Å². The topological polar surface area (TPSA) is 80.0 Å². The zero-order valence-electron chi connectivity index (χ0n) is 11.7. The van der Waals surface area contributed by atoms with Crippen LogP contribution in [0.15, 0.2) is 24.3 Å². The van der Waals surface area contributed by atoms with Crippen LogP contribution in [0.25, 0.3) is 5.69 Å². The average Bonchev–Trinajstić information content (AvgIpc) is 2.91. The Balaban J connectivity index is 2.28. The first-order valence-corrected chi connectivity index (χ1v) is 7.14. The summed E-state index contributed by atoms with van der Waals surface area (Å²) in [5, 5.41) is 20.1. The summed E-state index contributed by atoms with van der Waals surface area (Å²) in [7, 11) is 0. The van der Waals surface area contributed by atoms with E-state index >= 15 is 0 Å². The highest BCUT2D eigenvalue weighted by Crippen LogP contribution is 2.17. The summed E-state index contributed by atoms with van der Waals surface area (Å²) in [4.78, 5) is 12.1. The van der Waals surface area contributed by atoms with E-state index in [1.807, 2.05) is 19.1 Å². The summed E-state index contributed by atoms with van der Waals surface area (Å²) in [5.74, 6) is -0.284. The Morgan fingerprint density at radius 2 is 2.29 bits per heavy atom. The molecule has 0 fully saturated rings. The molecule has 112 valence electrons. The second-order valence-electron chi connectivity index (χ2n) is 4.46. The maximum absolute atomic E-state index is 12.1. The van der Waals surface area contributed by atoms with Crippen LogP contribution in [0.4, 0.5) is 0 Å².